The van der Waals surface area contributed by atoms with Crippen LogP contribution in [-0.2, 0) is 15.2 Å². The molecule has 0 radical (unpaired) electrons. The average molecular weight is 1140 g/mol. The zero-order valence-electron chi connectivity index (χ0n) is 33.8. The lowest BCUT2D eigenvalue weighted by molar-refractivity contribution is -0.478. The van der Waals surface area contributed by atoms with E-state index in [2.05, 4.69) is 15.2 Å². The standard InChI is InChI=1S/4C7H6F9O.Al/c4*1-3(2,17)4(5(8,9)10,6(11,12)13)7(14,15)16;/h4*1-2H3;/q4*-1;+3. The molecule has 0 aliphatic carbocycles. The van der Waals surface area contributed by atoms with Gasteiger partial charge in [-0.25, -0.2) is 0 Å². The van der Waals surface area contributed by atoms with Crippen LogP contribution in [0, 0.1) is 21.7 Å². The van der Waals surface area contributed by atoms with Gasteiger partial charge in [-0.2, -0.15) is 158 Å². The summed E-state index contributed by atoms with van der Waals surface area (Å²) in [4.78, 5) is 0. The summed E-state index contributed by atoms with van der Waals surface area (Å²) in [6, 6.07) is 0. The Balaban J connectivity index is 10.9. The molecule has 4 nitrogen and oxygen atoms in total. The number of hydrogen-bond acceptors (Lipinski definition) is 4. The summed E-state index contributed by atoms with van der Waals surface area (Å²) in [5.41, 5.74) is -61.2. The van der Waals surface area contributed by atoms with Crippen LogP contribution >= 0.6 is 0 Å². The molecule has 0 amide bonds. The van der Waals surface area contributed by atoms with Crippen LogP contribution in [0.2, 0.25) is 0 Å². The molecule has 0 spiro atoms. The fourth-order valence-corrected chi connectivity index (χ4v) is 11.8. The van der Waals surface area contributed by atoms with E-state index in [1.165, 1.54) is 0 Å². The molecule has 0 saturated heterocycles. The van der Waals surface area contributed by atoms with E-state index < -0.39 is 188 Å². The van der Waals surface area contributed by atoms with Gasteiger partial charge < -0.3 is 15.2 Å². The van der Waals surface area contributed by atoms with E-state index in [4.69, 9.17) is 0 Å². The Hall–Kier alpha value is -2.15. The second-order valence-electron chi connectivity index (χ2n) is 16.1. The van der Waals surface area contributed by atoms with Gasteiger partial charge in [0.05, 0.1) is 0 Å². The van der Waals surface area contributed by atoms with Crippen molar-refractivity contribution in [3.8, 4) is 0 Å². The minimum Gasteiger partial charge on any atom is -0.581 e. The third-order valence-corrected chi connectivity index (χ3v) is 14.0. The van der Waals surface area contributed by atoms with Gasteiger partial charge >= 0.3 is 88.5 Å². The Morgan fingerprint density at radius 1 is 0.174 bits per heavy atom. The molecular weight excluding hydrogens is 1110 g/mol. The first kappa shape index (κ1) is 66.9. The van der Waals surface area contributed by atoms with E-state index in [0.717, 1.165) is 0 Å². The quantitative estimate of drug-likeness (QED) is 0.144. The van der Waals surface area contributed by atoms with Crippen LogP contribution in [0.15, 0.2) is 0 Å². The first-order valence-electron chi connectivity index (χ1n) is 16.6. The summed E-state index contributed by atoms with van der Waals surface area (Å²) in [5.74, 6) is 0. The highest BCUT2D eigenvalue weighted by Gasteiger charge is 2.95. The van der Waals surface area contributed by atoms with Crippen molar-refractivity contribution in [1.82, 2.24) is 0 Å². The molecule has 69 heavy (non-hydrogen) atoms. The number of halogens is 36. The molecule has 0 rings (SSSR count). The summed E-state index contributed by atoms with van der Waals surface area (Å²) in [5, 5.41) is 0. The molecule has 41 heteroatoms. The first-order chi connectivity index (χ1) is 28.8. The van der Waals surface area contributed by atoms with Crippen LogP contribution < -0.4 is 0 Å². The monoisotopic (exact) mass is 1140 g/mol. The summed E-state index contributed by atoms with van der Waals surface area (Å²) >= 11 is -11.2. The molecule has 0 aromatic heterocycles. The highest BCUT2D eigenvalue weighted by molar-refractivity contribution is 6.54. The molecule has 416 valence electrons. The molecule has 0 fully saturated rings. The Bertz CT molecular complexity index is 1370. The van der Waals surface area contributed by atoms with Gasteiger partial charge in [0.25, 0.3) is 21.7 Å². The Morgan fingerprint density at radius 2 is 0.246 bits per heavy atom. The lowest BCUT2D eigenvalue weighted by atomic mass is 9.71. The molecule has 0 heterocycles. The Morgan fingerprint density at radius 3 is 0.304 bits per heavy atom. The van der Waals surface area contributed by atoms with Crippen LogP contribution in [0.3, 0.4) is 0 Å². The van der Waals surface area contributed by atoms with Crippen LogP contribution in [0.1, 0.15) is 55.4 Å². The van der Waals surface area contributed by atoms with E-state index in [1.807, 2.05) is 0 Å². The predicted octanol–water partition coefficient (Wildman–Crippen LogP) is 15.3. The van der Waals surface area contributed by atoms with Gasteiger partial charge in [0.1, 0.15) is 0 Å². The second-order valence-corrected chi connectivity index (χ2v) is 18.2. The molecule has 0 aromatic carbocycles. The van der Waals surface area contributed by atoms with E-state index in [-0.39, 0.29) is 0 Å². The lowest BCUT2D eigenvalue weighted by Crippen LogP contribution is -2.80. The van der Waals surface area contributed by atoms with Crippen molar-refractivity contribution >= 4 is 14.4 Å². The zero-order valence-corrected chi connectivity index (χ0v) is 35.0. The van der Waals surface area contributed by atoms with E-state index >= 15 is 0 Å². The lowest BCUT2D eigenvalue weighted by Gasteiger charge is -2.62. The molecule has 0 unspecified atom stereocenters. The van der Waals surface area contributed by atoms with Gasteiger partial charge in [0.2, 0.25) is 0 Å². The third kappa shape index (κ3) is 9.76. The van der Waals surface area contributed by atoms with Crippen molar-refractivity contribution in [1.29, 1.82) is 0 Å². The van der Waals surface area contributed by atoms with Crippen LogP contribution in [0.25, 0.3) is 0 Å². The normalized spacial score (nSPS) is 17.2. The van der Waals surface area contributed by atoms with Crippen molar-refractivity contribution in [3.05, 3.63) is 0 Å². The van der Waals surface area contributed by atoms with Crippen molar-refractivity contribution in [2.75, 3.05) is 0 Å². The minimum absolute atomic E-state index is 1.79. The van der Waals surface area contributed by atoms with Gasteiger partial charge in [-0.1, -0.05) is 0 Å². The molecule has 0 N–H and O–H groups in total. The Labute approximate surface area is 361 Å². The van der Waals surface area contributed by atoms with Gasteiger partial charge in [-0.05, 0) is 55.4 Å². The van der Waals surface area contributed by atoms with Crippen LogP contribution in [0.5, 0.6) is 0 Å². The number of hydrogen-bond donors (Lipinski definition) is 0. The summed E-state index contributed by atoms with van der Waals surface area (Å²) < 4.78 is 534. The number of rotatable bonds is 12. The van der Waals surface area contributed by atoms with E-state index in [1.54, 1.807) is 0 Å². The smallest absolute Gasteiger partial charge is 0.581 e. The predicted molar refractivity (Wildman–Crippen MR) is 149 cm³/mol. The largest absolute Gasteiger partial charge is 0.877 e. The van der Waals surface area contributed by atoms with Crippen molar-refractivity contribution < 1.29 is 173 Å². The SMILES string of the molecule is CC(C)([O][Al-]([O]C(C)(C)C(C(F)(F)F)(C(F)(F)F)C(F)(F)F)([O]C(C)(C)C(C(F)(F)F)(C(F)(F)F)C(F)(F)F)[O]C(C)(C)C(C(F)(F)F)(C(F)(F)F)C(F)(F)F)C(C(F)(F)F)(C(F)(F)F)C(F)(F)F. The maximum atomic E-state index is 14.5. The highest BCUT2D eigenvalue weighted by atomic mass is 27.3. The molecule has 0 aliphatic rings. The van der Waals surface area contributed by atoms with Gasteiger partial charge in [0, 0.05) is 22.4 Å². The molecule has 0 saturated carbocycles. The molecular formula is C28H24AlF36O4-. The molecule has 0 bridgehead atoms. The van der Waals surface area contributed by atoms with Crippen LogP contribution in [-0.4, -0.2) is 111 Å². The minimum atomic E-state index is -11.2. The zero-order chi connectivity index (χ0) is 57.3. The first-order valence-corrected chi connectivity index (χ1v) is 18.4. The van der Waals surface area contributed by atoms with E-state index in [9.17, 15) is 158 Å². The van der Waals surface area contributed by atoms with Crippen molar-refractivity contribution in [2.24, 2.45) is 21.7 Å². The maximum Gasteiger partial charge on any atom is 0.877 e. The van der Waals surface area contributed by atoms with Crippen molar-refractivity contribution in [2.45, 2.75) is 152 Å². The average Bonchev–Trinajstić information content (AvgIpc) is 2.79. The highest BCUT2D eigenvalue weighted by Crippen LogP contribution is 2.72. The fourth-order valence-electron chi connectivity index (χ4n) is 7.97. The van der Waals surface area contributed by atoms with Crippen LogP contribution in [0.4, 0.5) is 158 Å². The van der Waals surface area contributed by atoms with Gasteiger partial charge in [0.15, 0.2) is 0 Å². The van der Waals surface area contributed by atoms with E-state index in [0.29, 0.717) is 0 Å². The second kappa shape index (κ2) is 16.9. The van der Waals surface area contributed by atoms with Crippen molar-refractivity contribution in [3.63, 3.8) is 0 Å². The number of alkyl halides is 36. The fraction of sp³-hybridized carbons (Fsp3) is 1.00. The third-order valence-electron chi connectivity index (χ3n) is 10.5. The van der Waals surface area contributed by atoms with Gasteiger partial charge in [-0.3, -0.25) is 0 Å². The molecule has 0 aliphatic heterocycles. The topological polar surface area (TPSA) is 36.9 Å². The molecule has 0 atom stereocenters. The van der Waals surface area contributed by atoms with Gasteiger partial charge in [-0.15, -0.1) is 0 Å². The molecule has 0 aromatic rings. The summed E-state index contributed by atoms with van der Waals surface area (Å²) in [6.07, 6.45) is -104. The summed E-state index contributed by atoms with van der Waals surface area (Å²) in [6.45, 7) is -14.3. The maximum absolute atomic E-state index is 14.5. The summed E-state index contributed by atoms with van der Waals surface area (Å²) in [7, 11) is 0. The Kier molecular flexibility index (Phi) is 16.4.